The normalized spacial score (nSPS) is 27.0. The van der Waals surface area contributed by atoms with E-state index in [0.717, 1.165) is 68.1 Å². The zero-order valence-corrected chi connectivity index (χ0v) is 55.4. The van der Waals surface area contributed by atoms with E-state index in [9.17, 15) is 44.7 Å². The number of carboxylic acids is 1. The van der Waals surface area contributed by atoms with Crippen molar-refractivity contribution in [1.82, 2.24) is 39.9 Å². The maximum Gasteiger partial charge on any atom is 0.356 e. The molecule has 19 nitrogen and oxygen atoms in total. The fourth-order valence-corrected chi connectivity index (χ4v) is 17.3. The minimum Gasteiger partial charge on any atom is -0.477 e. The SMILES string of the molecule is C=CCOC(=O)C1=C(Sc2nc(C3=CC[C@@H](CO)N(C)C3)cs2)[C@H](C)[C@@H]2[C@@H]([C@@H](C)O)C(=O)N12.CN1CC(c2csc(=S)[nH]2)=CC[C@H]1CO[Si](C)(C)C(C)(C)C.C[C@@H](O)[C@H]1C(=O)N2C(C(=O)O)=C(Sc3nc(C4=CC[C@@H](CO)NC4)cs3)[C@H](C)[C@H]12. The van der Waals surface area contributed by atoms with Gasteiger partial charge >= 0.3 is 11.9 Å². The van der Waals surface area contributed by atoms with Gasteiger partial charge in [0.2, 0.25) is 11.8 Å². The lowest BCUT2D eigenvalue weighted by atomic mass is 9.79. The number of rotatable bonds is 18. The number of aromatic nitrogens is 3. The number of carboxylic acid groups (broad SMARTS) is 1. The summed E-state index contributed by atoms with van der Waals surface area (Å²) < 4.78 is 14.0. The van der Waals surface area contributed by atoms with Gasteiger partial charge in [0.05, 0.1) is 66.4 Å². The summed E-state index contributed by atoms with van der Waals surface area (Å²) in [6, 6.07) is 0.0723. The molecule has 2 fully saturated rings. The summed E-state index contributed by atoms with van der Waals surface area (Å²) >= 11 is 12.4. The summed E-state index contributed by atoms with van der Waals surface area (Å²) in [5.74, 6) is -3.69. The molecule has 2 amide bonds. The second-order valence-corrected chi connectivity index (χ2v) is 34.6. The predicted octanol–water partition coefficient (Wildman–Crippen LogP) is 8.15. The second kappa shape index (κ2) is 27.6. The number of β-lactam (4-membered cyclic amide) rings is 2. The van der Waals surface area contributed by atoms with Crippen LogP contribution in [0.25, 0.3) is 16.7 Å². The number of thioether (sulfide) groups is 2. The molecule has 0 aromatic carbocycles. The Morgan fingerprint density at radius 3 is 1.82 bits per heavy atom. The van der Waals surface area contributed by atoms with Crippen molar-refractivity contribution in [2.45, 2.75) is 137 Å². The van der Waals surface area contributed by atoms with Crippen molar-refractivity contribution < 1.29 is 53.9 Å². The first kappa shape index (κ1) is 66.0. The summed E-state index contributed by atoms with van der Waals surface area (Å²) in [5, 5.41) is 58.0. The number of fused-ring (bicyclic) bond motifs is 2. The second-order valence-electron chi connectivity index (χ2n) is 23.9. The van der Waals surface area contributed by atoms with Gasteiger partial charge in [-0.3, -0.25) is 19.4 Å². The zero-order valence-electron chi connectivity index (χ0n) is 49.5. The van der Waals surface area contributed by atoms with E-state index < -0.39 is 44.3 Å². The summed E-state index contributed by atoms with van der Waals surface area (Å²) in [7, 11) is 2.51. The lowest BCUT2D eigenvalue weighted by molar-refractivity contribution is -0.164. The Bertz CT molecular complexity index is 3170. The van der Waals surface area contributed by atoms with Crippen LogP contribution in [0.5, 0.6) is 0 Å². The molecule has 26 heteroatoms. The molecule has 10 rings (SSSR count). The Kier molecular flexibility index (Phi) is 21.7. The highest BCUT2D eigenvalue weighted by Crippen LogP contribution is 2.54. The van der Waals surface area contributed by atoms with Gasteiger partial charge in [0.15, 0.2) is 21.0 Å². The number of H-pyrrole nitrogens is 1. The Balaban J connectivity index is 0.000000168. The maximum absolute atomic E-state index is 12.9. The van der Waals surface area contributed by atoms with E-state index in [1.807, 2.05) is 31.7 Å². The molecule has 3 aromatic heterocycles. The molecule has 7 aliphatic heterocycles. The van der Waals surface area contributed by atoms with Crippen LogP contribution >= 0.6 is 69.8 Å². The quantitative estimate of drug-likeness (QED) is 0.0208. The van der Waals surface area contributed by atoms with Gasteiger partial charge in [0, 0.05) is 82.2 Å². The molecule has 0 bridgehead atoms. The molecular formula is C58H80N8O11S6Si. The number of amides is 2. The van der Waals surface area contributed by atoms with Crippen molar-refractivity contribution in [1.29, 1.82) is 0 Å². The number of nitrogens with zero attached hydrogens (tertiary/aromatic N) is 6. The number of nitrogens with one attached hydrogen (secondary N) is 2. The molecule has 458 valence electrons. The third-order valence-electron chi connectivity index (χ3n) is 17.3. The smallest absolute Gasteiger partial charge is 0.356 e. The molecule has 2 saturated heterocycles. The number of carbonyl (C=O) groups is 4. The lowest BCUT2D eigenvalue weighted by Crippen LogP contribution is -2.63. The molecule has 84 heavy (non-hydrogen) atoms. The number of carbonyl (C=O) groups excluding carboxylic acids is 3. The van der Waals surface area contributed by atoms with Gasteiger partial charge < -0.3 is 54.8 Å². The van der Waals surface area contributed by atoms with Crippen LogP contribution in [0.15, 0.2) is 76.9 Å². The molecule has 0 spiro atoms. The number of aliphatic hydroxyl groups is 4. The van der Waals surface area contributed by atoms with Crippen LogP contribution in [0.4, 0.5) is 0 Å². The fraction of sp³-hybridized carbons (Fsp3) is 0.569. The topological polar surface area (TPSA) is 254 Å². The molecular weight excluding hydrogens is 1210 g/mol. The molecule has 0 aliphatic carbocycles. The monoisotopic (exact) mass is 1280 g/mol. The van der Waals surface area contributed by atoms with Crippen molar-refractivity contribution in [2.75, 3.05) is 60.2 Å². The molecule has 10 heterocycles. The van der Waals surface area contributed by atoms with Gasteiger partial charge in [-0.05, 0) is 94.3 Å². The first-order valence-corrected chi connectivity index (χ1v) is 35.8. The van der Waals surface area contributed by atoms with Crippen LogP contribution in [0.1, 0.15) is 84.8 Å². The first-order chi connectivity index (χ1) is 39.7. The van der Waals surface area contributed by atoms with E-state index in [1.165, 1.54) is 73.3 Å². The Hall–Kier alpha value is -3.97. The third-order valence-corrected chi connectivity index (χ3v) is 27.3. The average Bonchev–Trinajstić information content (AvgIpc) is 2.02. The van der Waals surface area contributed by atoms with Crippen LogP contribution in [-0.4, -0.2) is 195 Å². The highest BCUT2D eigenvalue weighted by molar-refractivity contribution is 8.05. The van der Waals surface area contributed by atoms with Gasteiger partial charge in [-0.15, -0.1) is 34.0 Å². The molecule has 7 N–H and O–H groups in total. The largest absolute Gasteiger partial charge is 0.477 e. The van der Waals surface area contributed by atoms with Gasteiger partial charge in [-0.2, -0.15) is 0 Å². The van der Waals surface area contributed by atoms with Crippen LogP contribution in [-0.2, 0) is 28.3 Å². The number of aliphatic carboxylic acids is 1. The number of esters is 1. The summed E-state index contributed by atoms with van der Waals surface area (Å²) in [6.45, 7) is 25.5. The Labute approximate surface area is 518 Å². The number of likely N-dealkylation sites (N-methyl/N-ethyl adjacent to an activating group) is 2. The Morgan fingerprint density at radius 2 is 1.35 bits per heavy atom. The zero-order chi connectivity index (χ0) is 61.3. The van der Waals surface area contributed by atoms with Crippen molar-refractivity contribution in [2.24, 2.45) is 23.7 Å². The van der Waals surface area contributed by atoms with Gasteiger partial charge in [-0.25, -0.2) is 19.6 Å². The number of thiazole rings is 3. The van der Waals surface area contributed by atoms with Crippen molar-refractivity contribution in [3.63, 3.8) is 0 Å². The van der Waals surface area contributed by atoms with Crippen LogP contribution in [0.2, 0.25) is 18.1 Å². The standard InChI is InChI=1S/C23H29N3O5S2.C19H23N3O5S2.C16H28N2OS2Si/c1-5-8-31-22(30)19-20(12(2)18-17(13(3)28)21(29)26(18)19)33-23-24-16(11-32-23)14-6-7-15(10-27)25(4)9-14;1-8-14-13(9(2)24)17(25)22(14)15(18(26)27)16(8)29-19-21-12(7-28-19)10-3-4-11(6-23)20-5-10;1-16(2,3)22(5,6)19-10-13-8-7-12(9-18(13)4)14-11-21-15(20)17-14/h5-6,11-13,15,17-18,27-28H,1,7-10H2,2-4H3;3,7-9,11,13-14,20,23-24H,4-6H2,1-2H3,(H,26,27);7,11,13H,8-10H2,1-6H3,(H,17,20)/t12-,13-,15+,17-,18-;8-,9-,11+,13-,14-;13-/m110/s1. The van der Waals surface area contributed by atoms with E-state index >= 15 is 0 Å². The van der Waals surface area contributed by atoms with E-state index in [-0.39, 0.29) is 84.1 Å². The number of hydrogen-bond donors (Lipinski definition) is 7. The van der Waals surface area contributed by atoms with E-state index in [0.29, 0.717) is 28.4 Å². The van der Waals surface area contributed by atoms with Crippen LogP contribution < -0.4 is 5.32 Å². The number of aliphatic hydroxyl groups excluding tert-OH is 4. The highest BCUT2D eigenvalue weighted by Gasteiger charge is 2.61. The molecule has 0 radical (unpaired) electrons. The average molecular weight is 1290 g/mol. The number of aromatic amines is 1. The predicted molar refractivity (Wildman–Crippen MR) is 338 cm³/mol. The third kappa shape index (κ3) is 14.0. The van der Waals surface area contributed by atoms with Gasteiger partial charge in [0.25, 0.3) is 0 Å². The lowest BCUT2D eigenvalue weighted by Gasteiger charge is -2.46. The van der Waals surface area contributed by atoms with E-state index in [4.69, 9.17) is 26.4 Å². The minimum absolute atomic E-state index is 0.00971. The first-order valence-electron chi connectivity index (χ1n) is 28.3. The molecule has 7 aliphatic rings. The van der Waals surface area contributed by atoms with Crippen LogP contribution in [0, 0.1) is 27.6 Å². The molecule has 0 unspecified atom stereocenters. The van der Waals surface area contributed by atoms with E-state index in [1.54, 1.807) is 25.2 Å². The van der Waals surface area contributed by atoms with Crippen LogP contribution in [0.3, 0.4) is 0 Å². The van der Waals surface area contributed by atoms with Crippen molar-refractivity contribution in [3.05, 3.63) is 89.3 Å². The molecule has 11 atom stereocenters. The number of hydrogen-bond acceptors (Lipinski definition) is 21. The summed E-state index contributed by atoms with van der Waals surface area (Å²) in [5.41, 5.74) is 6.66. The van der Waals surface area contributed by atoms with Crippen molar-refractivity contribution in [3.8, 4) is 0 Å². The molecule has 0 saturated carbocycles. The number of ether oxygens (including phenoxy) is 1. The Morgan fingerprint density at radius 1 is 0.821 bits per heavy atom. The van der Waals surface area contributed by atoms with Gasteiger partial charge in [0.1, 0.15) is 18.0 Å². The fourth-order valence-electron chi connectivity index (χ4n) is 11.2. The minimum atomic E-state index is -1.66. The summed E-state index contributed by atoms with van der Waals surface area (Å²) in [6.07, 6.45) is 8.95. The maximum atomic E-state index is 12.9. The summed E-state index contributed by atoms with van der Waals surface area (Å²) in [4.78, 5) is 71.3. The highest BCUT2D eigenvalue weighted by atomic mass is 32.2. The van der Waals surface area contributed by atoms with E-state index in [2.05, 4.69) is 96.2 Å². The molecule has 3 aromatic rings. The van der Waals surface area contributed by atoms with Crippen molar-refractivity contribution >= 4 is 119 Å². The van der Waals surface area contributed by atoms with Gasteiger partial charge in [-0.1, -0.05) is 89.0 Å².